The van der Waals surface area contributed by atoms with Gasteiger partial charge in [-0.25, -0.2) is 9.38 Å². The molecule has 30 heavy (non-hydrogen) atoms. The standard InChI is InChI=1S/C21H24F4N2O2S/c1-5-27(3)13-26-18-11-19(29-4)17(10-14(18)2)20(28,21(23,24)25)12-30-16-8-6-15(22)7-9-16/h6-11,13,28H,5,12H2,1-4H3. The Morgan fingerprint density at radius 2 is 1.83 bits per heavy atom. The van der Waals surface area contributed by atoms with Crippen LogP contribution in [0.3, 0.4) is 0 Å². The number of thioether (sulfide) groups is 1. The van der Waals surface area contributed by atoms with Crippen LogP contribution in [-0.4, -0.2) is 49.0 Å². The van der Waals surface area contributed by atoms with Gasteiger partial charge in [-0.2, -0.15) is 13.2 Å². The van der Waals surface area contributed by atoms with Crippen LogP contribution in [0.5, 0.6) is 5.75 Å². The number of nitrogens with zero attached hydrogens (tertiary/aromatic N) is 2. The largest absolute Gasteiger partial charge is 0.496 e. The second-order valence-electron chi connectivity index (χ2n) is 6.76. The Hall–Kier alpha value is -2.26. The van der Waals surface area contributed by atoms with Gasteiger partial charge in [0.25, 0.3) is 0 Å². The summed E-state index contributed by atoms with van der Waals surface area (Å²) in [6.07, 6.45) is -3.39. The summed E-state index contributed by atoms with van der Waals surface area (Å²) in [6, 6.07) is 7.66. The topological polar surface area (TPSA) is 45.1 Å². The van der Waals surface area contributed by atoms with Crippen LogP contribution in [0.25, 0.3) is 0 Å². The molecule has 0 bridgehead atoms. The number of alkyl halides is 3. The average Bonchev–Trinajstić information content (AvgIpc) is 2.70. The Labute approximate surface area is 177 Å². The van der Waals surface area contributed by atoms with Gasteiger partial charge in [-0.1, -0.05) is 0 Å². The van der Waals surface area contributed by atoms with E-state index in [2.05, 4.69) is 4.99 Å². The van der Waals surface area contributed by atoms with Crippen molar-refractivity contribution in [3.63, 3.8) is 0 Å². The maximum atomic E-state index is 14.0. The van der Waals surface area contributed by atoms with Crippen LogP contribution in [0, 0.1) is 12.7 Å². The fourth-order valence-corrected chi connectivity index (χ4v) is 3.61. The van der Waals surface area contributed by atoms with Crippen molar-refractivity contribution < 1.29 is 27.4 Å². The monoisotopic (exact) mass is 444 g/mol. The number of aliphatic imine (C=N–C) groups is 1. The molecule has 0 amide bonds. The second-order valence-corrected chi connectivity index (χ2v) is 7.81. The average molecular weight is 444 g/mol. The molecule has 0 radical (unpaired) electrons. The third-order valence-electron chi connectivity index (χ3n) is 4.59. The van der Waals surface area contributed by atoms with Crippen molar-refractivity contribution in [2.75, 3.05) is 26.5 Å². The highest BCUT2D eigenvalue weighted by molar-refractivity contribution is 7.99. The van der Waals surface area contributed by atoms with Crippen LogP contribution in [0.15, 0.2) is 46.3 Å². The molecule has 0 fully saturated rings. The number of rotatable bonds is 8. The number of benzene rings is 2. The minimum absolute atomic E-state index is 0.119. The molecule has 0 aromatic heterocycles. The summed E-state index contributed by atoms with van der Waals surface area (Å²) in [4.78, 5) is 6.50. The zero-order chi connectivity index (χ0) is 22.5. The van der Waals surface area contributed by atoms with Crippen LogP contribution in [0.2, 0.25) is 0 Å². The van der Waals surface area contributed by atoms with E-state index < -0.39 is 28.9 Å². The summed E-state index contributed by atoms with van der Waals surface area (Å²) >= 11 is 0.776. The molecule has 1 atom stereocenters. The van der Waals surface area contributed by atoms with Gasteiger partial charge in [0, 0.05) is 35.9 Å². The van der Waals surface area contributed by atoms with E-state index in [4.69, 9.17) is 4.74 Å². The molecule has 0 saturated heterocycles. The first-order valence-electron chi connectivity index (χ1n) is 9.12. The molecule has 2 rings (SSSR count). The van der Waals surface area contributed by atoms with Crippen molar-refractivity contribution in [2.45, 2.75) is 30.5 Å². The minimum Gasteiger partial charge on any atom is -0.496 e. The maximum Gasteiger partial charge on any atom is 0.422 e. The van der Waals surface area contributed by atoms with Gasteiger partial charge < -0.3 is 14.7 Å². The molecule has 0 saturated carbocycles. The number of halogens is 4. The Balaban J connectivity index is 2.46. The van der Waals surface area contributed by atoms with Crippen LogP contribution in [-0.2, 0) is 5.60 Å². The molecule has 1 unspecified atom stereocenters. The van der Waals surface area contributed by atoms with E-state index in [0.29, 0.717) is 22.7 Å². The third-order valence-corrected chi connectivity index (χ3v) is 5.75. The number of aliphatic hydroxyl groups is 1. The van der Waals surface area contributed by atoms with Gasteiger partial charge in [0.2, 0.25) is 0 Å². The van der Waals surface area contributed by atoms with E-state index in [1.165, 1.54) is 31.4 Å². The summed E-state index contributed by atoms with van der Waals surface area (Å²) in [7, 11) is 3.06. The highest BCUT2D eigenvalue weighted by atomic mass is 32.2. The Bertz CT molecular complexity index is 888. The molecule has 0 spiro atoms. The second kappa shape index (κ2) is 9.70. The molecule has 164 valence electrons. The van der Waals surface area contributed by atoms with Gasteiger partial charge in [-0.15, -0.1) is 11.8 Å². The lowest BCUT2D eigenvalue weighted by Crippen LogP contribution is -2.45. The minimum atomic E-state index is -4.97. The number of ether oxygens (including phenoxy) is 1. The summed E-state index contributed by atoms with van der Waals surface area (Å²) in [6.45, 7) is 4.27. The smallest absolute Gasteiger partial charge is 0.422 e. The van der Waals surface area contributed by atoms with Crippen molar-refractivity contribution in [3.8, 4) is 5.75 Å². The van der Waals surface area contributed by atoms with Crippen LogP contribution in [0.4, 0.5) is 23.2 Å². The Kier molecular flexibility index (Phi) is 7.76. The van der Waals surface area contributed by atoms with Crippen molar-refractivity contribution in [2.24, 2.45) is 4.99 Å². The summed E-state index contributed by atoms with van der Waals surface area (Å²) in [5, 5.41) is 10.8. The van der Waals surface area contributed by atoms with E-state index in [-0.39, 0.29) is 5.75 Å². The van der Waals surface area contributed by atoms with Gasteiger partial charge in [-0.3, -0.25) is 0 Å². The van der Waals surface area contributed by atoms with Crippen LogP contribution >= 0.6 is 11.8 Å². The van der Waals surface area contributed by atoms with Gasteiger partial charge in [0.1, 0.15) is 11.6 Å². The van der Waals surface area contributed by atoms with E-state index >= 15 is 0 Å². The predicted octanol–water partition coefficient (Wildman–Crippen LogP) is 5.30. The van der Waals surface area contributed by atoms with Crippen LogP contribution in [0.1, 0.15) is 18.1 Å². The molecule has 0 aliphatic heterocycles. The molecule has 2 aromatic carbocycles. The van der Waals surface area contributed by atoms with Crippen molar-refractivity contribution in [1.82, 2.24) is 4.90 Å². The zero-order valence-corrected chi connectivity index (χ0v) is 17.9. The van der Waals surface area contributed by atoms with E-state index in [1.54, 1.807) is 13.3 Å². The quantitative estimate of drug-likeness (QED) is 0.260. The normalized spacial score (nSPS) is 14.0. The lowest BCUT2D eigenvalue weighted by Gasteiger charge is -2.32. The van der Waals surface area contributed by atoms with Gasteiger partial charge >= 0.3 is 6.18 Å². The highest BCUT2D eigenvalue weighted by Gasteiger charge is 2.56. The molecular weight excluding hydrogens is 420 g/mol. The SMILES string of the molecule is CCN(C)C=Nc1cc(OC)c(C(O)(CSc2ccc(F)cc2)C(F)(F)F)cc1C. The summed E-state index contributed by atoms with van der Waals surface area (Å²) < 4.78 is 60.2. The molecule has 0 aliphatic rings. The van der Waals surface area contributed by atoms with E-state index in [0.717, 1.165) is 23.9 Å². The van der Waals surface area contributed by atoms with Gasteiger partial charge in [0.15, 0.2) is 5.60 Å². The Morgan fingerprint density at radius 3 is 2.37 bits per heavy atom. The van der Waals surface area contributed by atoms with Crippen LogP contribution < -0.4 is 4.74 Å². The van der Waals surface area contributed by atoms with Gasteiger partial charge in [0.05, 0.1) is 19.1 Å². The first-order chi connectivity index (χ1) is 14.0. The van der Waals surface area contributed by atoms with Gasteiger partial charge in [-0.05, 0) is 49.7 Å². The number of aryl methyl sites for hydroxylation is 1. The summed E-state index contributed by atoms with van der Waals surface area (Å²) in [5.41, 5.74) is -2.68. The lowest BCUT2D eigenvalue weighted by molar-refractivity contribution is -0.256. The number of methoxy groups -OCH3 is 1. The third kappa shape index (κ3) is 5.46. The molecule has 1 N–H and O–H groups in total. The fourth-order valence-electron chi connectivity index (χ4n) is 2.58. The molecule has 0 heterocycles. The zero-order valence-electron chi connectivity index (χ0n) is 17.1. The van der Waals surface area contributed by atoms with E-state index in [1.807, 2.05) is 18.9 Å². The molecule has 0 aliphatic carbocycles. The predicted molar refractivity (Wildman–Crippen MR) is 111 cm³/mol. The number of hydrogen-bond donors (Lipinski definition) is 1. The first-order valence-corrected chi connectivity index (χ1v) is 10.1. The van der Waals surface area contributed by atoms with E-state index in [9.17, 15) is 22.7 Å². The maximum absolute atomic E-state index is 14.0. The lowest BCUT2D eigenvalue weighted by atomic mass is 9.92. The molecule has 2 aromatic rings. The highest BCUT2D eigenvalue weighted by Crippen LogP contribution is 2.47. The van der Waals surface area contributed by atoms with Crippen molar-refractivity contribution in [1.29, 1.82) is 0 Å². The first kappa shape index (κ1) is 24.0. The van der Waals surface area contributed by atoms with Crippen molar-refractivity contribution >= 4 is 23.8 Å². The Morgan fingerprint density at radius 1 is 1.20 bits per heavy atom. The fraction of sp³-hybridized carbons (Fsp3) is 0.381. The molecular formula is C21H24F4N2O2S. The van der Waals surface area contributed by atoms with Crippen molar-refractivity contribution in [3.05, 3.63) is 53.3 Å². The molecule has 9 heteroatoms. The molecule has 4 nitrogen and oxygen atoms in total. The number of hydrogen-bond acceptors (Lipinski definition) is 4. The summed E-state index contributed by atoms with van der Waals surface area (Å²) in [5.74, 6) is -1.34.